The number of fused-ring (bicyclic) bond motifs is 1. The lowest BCUT2D eigenvalue weighted by atomic mass is 10.2. The summed E-state index contributed by atoms with van der Waals surface area (Å²) < 4.78 is 1.66. The molecule has 130 valence electrons. The van der Waals surface area contributed by atoms with Gasteiger partial charge >= 0.3 is 0 Å². The fourth-order valence-electron chi connectivity index (χ4n) is 3.24. The van der Waals surface area contributed by atoms with E-state index in [1.807, 2.05) is 11.9 Å². The molecule has 1 saturated heterocycles. The Morgan fingerprint density at radius 3 is 2.60 bits per heavy atom. The summed E-state index contributed by atoms with van der Waals surface area (Å²) in [6, 6.07) is 0. The van der Waals surface area contributed by atoms with Gasteiger partial charge in [-0.2, -0.15) is 5.10 Å². The molecule has 3 aromatic heterocycles. The van der Waals surface area contributed by atoms with Gasteiger partial charge in [0.1, 0.15) is 17.0 Å². The third-order valence-corrected chi connectivity index (χ3v) is 5.88. The highest BCUT2D eigenvalue weighted by molar-refractivity contribution is 7.18. The Morgan fingerprint density at radius 1 is 1.16 bits per heavy atom. The fourth-order valence-corrected chi connectivity index (χ4v) is 4.23. The second-order valence-corrected chi connectivity index (χ2v) is 7.55. The molecule has 0 aromatic carbocycles. The van der Waals surface area contributed by atoms with Crippen LogP contribution in [0.4, 0.5) is 5.82 Å². The van der Waals surface area contributed by atoms with Crippen LogP contribution in [0.5, 0.6) is 0 Å². The SMILES string of the molecule is Cc1sc2ncnc(N3CCN(C(=O)c4cnn(C)c4)CC3)c2c1C. The van der Waals surface area contributed by atoms with E-state index in [-0.39, 0.29) is 5.91 Å². The zero-order valence-electron chi connectivity index (χ0n) is 14.6. The van der Waals surface area contributed by atoms with Crippen LogP contribution < -0.4 is 4.90 Å². The zero-order chi connectivity index (χ0) is 17.6. The zero-order valence-corrected chi connectivity index (χ0v) is 15.4. The molecule has 0 saturated carbocycles. The Balaban J connectivity index is 1.54. The Bertz CT molecular complexity index is 938. The average Bonchev–Trinajstić information content (AvgIpc) is 3.18. The summed E-state index contributed by atoms with van der Waals surface area (Å²) in [4.78, 5) is 28.0. The van der Waals surface area contributed by atoms with Crippen LogP contribution in [0, 0.1) is 13.8 Å². The van der Waals surface area contributed by atoms with Gasteiger partial charge < -0.3 is 9.80 Å². The molecule has 0 unspecified atom stereocenters. The summed E-state index contributed by atoms with van der Waals surface area (Å²) in [5, 5.41) is 5.23. The largest absolute Gasteiger partial charge is 0.352 e. The van der Waals surface area contributed by atoms with E-state index in [2.05, 4.69) is 33.8 Å². The van der Waals surface area contributed by atoms with Gasteiger partial charge in [0.05, 0.1) is 17.1 Å². The van der Waals surface area contributed by atoms with Crippen LogP contribution in [0.15, 0.2) is 18.7 Å². The van der Waals surface area contributed by atoms with Gasteiger partial charge in [0.15, 0.2) is 0 Å². The molecule has 7 nitrogen and oxygen atoms in total. The molecule has 1 aliphatic heterocycles. The van der Waals surface area contributed by atoms with Gasteiger partial charge in [-0.3, -0.25) is 9.48 Å². The van der Waals surface area contributed by atoms with Gasteiger partial charge in [0.25, 0.3) is 5.91 Å². The molecule has 1 aliphatic rings. The molecule has 0 aliphatic carbocycles. The van der Waals surface area contributed by atoms with E-state index in [1.165, 1.54) is 10.4 Å². The first-order chi connectivity index (χ1) is 12.0. The van der Waals surface area contributed by atoms with Gasteiger partial charge in [-0.25, -0.2) is 9.97 Å². The standard InChI is InChI=1S/C17H20N6OS/c1-11-12(2)25-16-14(11)15(18-10-19-16)22-4-6-23(7-5-22)17(24)13-8-20-21(3)9-13/h8-10H,4-7H2,1-3H3. The molecule has 4 heterocycles. The predicted molar refractivity (Wildman–Crippen MR) is 98.2 cm³/mol. The summed E-state index contributed by atoms with van der Waals surface area (Å²) in [6.45, 7) is 7.15. The van der Waals surface area contributed by atoms with E-state index in [4.69, 9.17) is 0 Å². The number of nitrogens with zero attached hydrogens (tertiary/aromatic N) is 6. The van der Waals surface area contributed by atoms with Crippen LogP contribution in [0.1, 0.15) is 20.8 Å². The van der Waals surface area contributed by atoms with Crippen molar-refractivity contribution in [2.24, 2.45) is 7.05 Å². The van der Waals surface area contributed by atoms with E-state index < -0.39 is 0 Å². The number of carbonyl (C=O) groups is 1. The molecule has 1 amide bonds. The van der Waals surface area contributed by atoms with Crippen molar-refractivity contribution in [2.45, 2.75) is 13.8 Å². The van der Waals surface area contributed by atoms with Gasteiger partial charge in [-0.1, -0.05) is 0 Å². The molecule has 1 fully saturated rings. The number of anilines is 1. The Hall–Kier alpha value is -2.48. The minimum Gasteiger partial charge on any atom is -0.352 e. The van der Waals surface area contributed by atoms with Gasteiger partial charge in [-0.15, -0.1) is 11.3 Å². The van der Waals surface area contributed by atoms with Crippen LogP contribution in [0.25, 0.3) is 10.2 Å². The van der Waals surface area contributed by atoms with E-state index >= 15 is 0 Å². The molecular formula is C17H20N6OS. The lowest BCUT2D eigenvalue weighted by Gasteiger charge is -2.35. The summed E-state index contributed by atoms with van der Waals surface area (Å²) >= 11 is 1.71. The smallest absolute Gasteiger partial charge is 0.257 e. The highest BCUT2D eigenvalue weighted by Gasteiger charge is 2.25. The van der Waals surface area contributed by atoms with E-state index in [0.717, 1.165) is 29.1 Å². The summed E-state index contributed by atoms with van der Waals surface area (Å²) in [6.07, 6.45) is 5.03. The van der Waals surface area contributed by atoms with Crippen LogP contribution in [-0.2, 0) is 7.05 Å². The van der Waals surface area contributed by atoms with E-state index in [9.17, 15) is 4.79 Å². The van der Waals surface area contributed by atoms with Crippen molar-refractivity contribution in [2.75, 3.05) is 31.1 Å². The molecule has 3 aromatic rings. The van der Waals surface area contributed by atoms with Crippen molar-refractivity contribution >= 4 is 33.3 Å². The summed E-state index contributed by atoms with van der Waals surface area (Å²) in [7, 11) is 1.82. The molecule has 0 atom stereocenters. The Morgan fingerprint density at radius 2 is 1.92 bits per heavy atom. The highest BCUT2D eigenvalue weighted by atomic mass is 32.1. The maximum atomic E-state index is 12.6. The molecule has 0 spiro atoms. The second kappa shape index (κ2) is 6.11. The number of rotatable bonds is 2. The van der Waals surface area contributed by atoms with Gasteiger partial charge in [0, 0.05) is 44.3 Å². The van der Waals surface area contributed by atoms with Crippen molar-refractivity contribution < 1.29 is 4.79 Å². The summed E-state index contributed by atoms with van der Waals surface area (Å²) in [5.41, 5.74) is 1.90. The van der Waals surface area contributed by atoms with Crippen molar-refractivity contribution in [1.29, 1.82) is 0 Å². The number of amides is 1. The Kier molecular flexibility index (Phi) is 3.91. The van der Waals surface area contributed by atoms with Crippen LogP contribution in [0.2, 0.25) is 0 Å². The lowest BCUT2D eigenvalue weighted by Crippen LogP contribution is -2.49. The van der Waals surface area contributed by atoms with Crippen LogP contribution in [-0.4, -0.2) is 56.7 Å². The van der Waals surface area contributed by atoms with Crippen molar-refractivity contribution in [3.05, 3.63) is 34.7 Å². The maximum absolute atomic E-state index is 12.6. The van der Waals surface area contributed by atoms with Gasteiger partial charge in [-0.05, 0) is 19.4 Å². The average molecular weight is 356 g/mol. The number of thiophene rings is 1. The molecule has 0 bridgehead atoms. The number of aryl methyl sites for hydroxylation is 3. The summed E-state index contributed by atoms with van der Waals surface area (Å²) in [5.74, 6) is 1.03. The normalized spacial score (nSPS) is 15.2. The Labute approximate surface area is 149 Å². The van der Waals surface area contributed by atoms with E-state index in [0.29, 0.717) is 18.7 Å². The lowest BCUT2D eigenvalue weighted by molar-refractivity contribution is 0.0746. The first kappa shape index (κ1) is 16.0. The number of piperazine rings is 1. The molecule has 8 heteroatoms. The first-order valence-electron chi connectivity index (χ1n) is 8.28. The molecule has 0 N–H and O–H groups in total. The third-order valence-electron chi connectivity index (χ3n) is 4.76. The van der Waals surface area contributed by atoms with Crippen molar-refractivity contribution in [3.8, 4) is 0 Å². The second-order valence-electron chi connectivity index (χ2n) is 6.34. The number of hydrogen-bond acceptors (Lipinski definition) is 6. The van der Waals surface area contributed by atoms with E-state index in [1.54, 1.807) is 34.7 Å². The van der Waals surface area contributed by atoms with Crippen molar-refractivity contribution in [1.82, 2.24) is 24.6 Å². The number of hydrogen-bond donors (Lipinski definition) is 0. The quantitative estimate of drug-likeness (QED) is 0.703. The predicted octanol–water partition coefficient (Wildman–Crippen LogP) is 2.00. The number of aromatic nitrogens is 4. The topological polar surface area (TPSA) is 67.2 Å². The van der Waals surface area contributed by atoms with Gasteiger partial charge in [0.2, 0.25) is 0 Å². The van der Waals surface area contributed by atoms with Crippen molar-refractivity contribution in [3.63, 3.8) is 0 Å². The van der Waals surface area contributed by atoms with Crippen LogP contribution >= 0.6 is 11.3 Å². The first-order valence-corrected chi connectivity index (χ1v) is 9.10. The minimum absolute atomic E-state index is 0.0446. The van der Waals surface area contributed by atoms with Crippen LogP contribution in [0.3, 0.4) is 0 Å². The number of carbonyl (C=O) groups excluding carboxylic acids is 1. The molecular weight excluding hydrogens is 336 g/mol. The molecule has 25 heavy (non-hydrogen) atoms. The fraction of sp³-hybridized carbons (Fsp3) is 0.412. The maximum Gasteiger partial charge on any atom is 0.257 e. The highest BCUT2D eigenvalue weighted by Crippen LogP contribution is 2.34. The third kappa shape index (κ3) is 2.76. The monoisotopic (exact) mass is 356 g/mol. The molecule has 0 radical (unpaired) electrons. The molecule has 4 rings (SSSR count). The minimum atomic E-state index is 0.0446.